The summed E-state index contributed by atoms with van der Waals surface area (Å²) in [4.78, 5) is 11.8. The van der Waals surface area contributed by atoms with Crippen LogP contribution in [0.3, 0.4) is 0 Å². The average molecular weight is 270 g/mol. The van der Waals surface area contributed by atoms with E-state index in [1.54, 1.807) is 7.11 Å². The van der Waals surface area contributed by atoms with Gasteiger partial charge >= 0.3 is 6.03 Å². The largest absolute Gasteiger partial charge is 0.393 e. The van der Waals surface area contributed by atoms with Crippen molar-refractivity contribution in [1.29, 1.82) is 0 Å². The second kappa shape index (κ2) is 7.10. The minimum absolute atomic E-state index is 0.0804. The van der Waals surface area contributed by atoms with Crippen LogP contribution >= 0.6 is 0 Å². The van der Waals surface area contributed by atoms with Gasteiger partial charge in [-0.3, -0.25) is 0 Å². The van der Waals surface area contributed by atoms with Gasteiger partial charge in [-0.05, 0) is 50.9 Å². The van der Waals surface area contributed by atoms with E-state index in [-0.39, 0.29) is 24.3 Å². The Morgan fingerprint density at radius 3 is 2.79 bits per heavy atom. The van der Waals surface area contributed by atoms with Gasteiger partial charge in [0.05, 0.1) is 12.2 Å². The molecule has 0 aromatic carbocycles. The summed E-state index contributed by atoms with van der Waals surface area (Å²) >= 11 is 0. The molecule has 0 unspecified atom stereocenters. The van der Waals surface area contributed by atoms with E-state index in [2.05, 4.69) is 10.6 Å². The molecule has 19 heavy (non-hydrogen) atoms. The lowest BCUT2D eigenvalue weighted by Crippen LogP contribution is -2.46. The number of aliphatic hydroxyl groups excluding tert-OH is 1. The summed E-state index contributed by atoms with van der Waals surface area (Å²) in [5.74, 6) is 0.429. The number of hydrogen-bond acceptors (Lipinski definition) is 3. The summed E-state index contributed by atoms with van der Waals surface area (Å²) in [5, 5.41) is 15.4. The van der Waals surface area contributed by atoms with Gasteiger partial charge in [-0.25, -0.2) is 4.79 Å². The molecule has 2 aliphatic carbocycles. The van der Waals surface area contributed by atoms with Gasteiger partial charge in [0, 0.05) is 19.7 Å². The quantitative estimate of drug-likeness (QED) is 0.723. The highest BCUT2D eigenvalue weighted by molar-refractivity contribution is 5.74. The minimum atomic E-state index is -0.171. The van der Waals surface area contributed by atoms with Gasteiger partial charge in [-0.1, -0.05) is 0 Å². The Morgan fingerprint density at radius 2 is 2.11 bits per heavy atom. The number of ether oxygens (including phenoxy) is 1. The molecule has 0 radical (unpaired) electrons. The maximum atomic E-state index is 11.8. The third-order valence-electron chi connectivity index (χ3n) is 4.36. The Bertz CT molecular complexity index is 298. The molecule has 5 heteroatoms. The van der Waals surface area contributed by atoms with E-state index in [1.165, 1.54) is 0 Å². The van der Waals surface area contributed by atoms with Crippen molar-refractivity contribution in [2.45, 2.75) is 63.2 Å². The zero-order valence-electron chi connectivity index (χ0n) is 11.7. The van der Waals surface area contributed by atoms with E-state index in [0.29, 0.717) is 12.5 Å². The SMILES string of the molecule is CO[C@@H]1CCC[C@H](NC(=O)NC[C@@H]2CC[C@@H](O)C2)C1. The standard InChI is InChI=1S/C14H26N2O3/c1-19-13-4-2-3-11(8-13)16-14(18)15-9-10-5-6-12(17)7-10/h10-13,17H,2-9H2,1H3,(H2,15,16,18)/t10-,11+,12-,13-/m1/s1. The second-order valence-electron chi connectivity index (χ2n) is 5.91. The van der Waals surface area contributed by atoms with Crippen LogP contribution in [0.15, 0.2) is 0 Å². The lowest BCUT2D eigenvalue weighted by Gasteiger charge is -2.29. The lowest BCUT2D eigenvalue weighted by molar-refractivity contribution is 0.0604. The van der Waals surface area contributed by atoms with Crippen LogP contribution in [0.1, 0.15) is 44.9 Å². The molecule has 0 aliphatic heterocycles. The van der Waals surface area contributed by atoms with Gasteiger partial charge in [0.1, 0.15) is 0 Å². The van der Waals surface area contributed by atoms with Crippen LogP contribution in [0.5, 0.6) is 0 Å². The van der Waals surface area contributed by atoms with Crippen molar-refractivity contribution in [2.24, 2.45) is 5.92 Å². The molecule has 0 heterocycles. The predicted octanol–water partition coefficient (Wildman–Crippen LogP) is 1.40. The Labute approximate surface area is 115 Å². The minimum Gasteiger partial charge on any atom is -0.393 e. The van der Waals surface area contributed by atoms with Crippen molar-refractivity contribution in [2.75, 3.05) is 13.7 Å². The van der Waals surface area contributed by atoms with Crippen LogP contribution in [0, 0.1) is 5.92 Å². The fourth-order valence-electron chi connectivity index (χ4n) is 3.20. The summed E-state index contributed by atoms with van der Waals surface area (Å²) in [5.41, 5.74) is 0. The molecular weight excluding hydrogens is 244 g/mol. The molecule has 0 spiro atoms. The molecule has 2 amide bonds. The number of carbonyl (C=O) groups is 1. The first kappa shape index (κ1) is 14.6. The van der Waals surface area contributed by atoms with Crippen molar-refractivity contribution in [3.05, 3.63) is 0 Å². The van der Waals surface area contributed by atoms with Gasteiger partial charge in [0.25, 0.3) is 0 Å². The van der Waals surface area contributed by atoms with Gasteiger partial charge in [-0.15, -0.1) is 0 Å². The fourth-order valence-corrected chi connectivity index (χ4v) is 3.20. The summed E-state index contributed by atoms with van der Waals surface area (Å²) in [6, 6.07) is 0.149. The van der Waals surface area contributed by atoms with Crippen LogP contribution in [0.25, 0.3) is 0 Å². The third-order valence-corrected chi connectivity index (χ3v) is 4.36. The lowest BCUT2D eigenvalue weighted by atomic mass is 9.93. The van der Waals surface area contributed by atoms with Gasteiger partial charge in [0.2, 0.25) is 0 Å². The van der Waals surface area contributed by atoms with Gasteiger partial charge in [-0.2, -0.15) is 0 Å². The Hall–Kier alpha value is -0.810. The molecule has 2 saturated carbocycles. The van der Waals surface area contributed by atoms with E-state index in [1.807, 2.05) is 0 Å². The summed E-state index contributed by atoms with van der Waals surface area (Å²) in [6.07, 6.45) is 6.95. The molecule has 110 valence electrons. The van der Waals surface area contributed by atoms with Crippen molar-refractivity contribution in [1.82, 2.24) is 10.6 Å². The number of hydrogen-bond donors (Lipinski definition) is 3. The van der Waals surface area contributed by atoms with Crippen LogP contribution in [0.2, 0.25) is 0 Å². The zero-order valence-corrected chi connectivity index (χ0v) is 11.7. The molecule has 0 bridgehead atoms. The number of methoxy groups -OCH3 is 1. The smallest absolute Gasteiger partial charge is 0.315 e. The molecule has 0 aromatic heterocycles. The van der Waals surface area contributed by atoms with Gasteiger partial charge < -0.3 is 20.5 Å². The second-order valence-corrected chi connectivity index (χ2v) is 5.91. The highest BCUT2D eigenvalue weighted by atomic mass is 16.5. The molecular formula is C14H26N2O3. The fraction of sp³-hybridized carbons (Fsp3) is 0.929. The van der Waals surface area contributed by atoms with E-state index >= 15 is 0 Å². The molecule has 0 saturated heterocycles. The number of urea groups is 1. The summed E-state index contributed by atoms with van der Waals surface area (Å²) < 4.78 is 5.36. The molecule has 0 aromatic rings. The molecule has 2 aliphatic rings. The highest BCUT2D eigenvalue weighted by Gasteiger charge is 2.25. The average Bonchev–Trinajstić information content (AvgIpc) is 2.82. The first-order valence-electron chi connectivity index (χ1n) is 7.42. The predicted molar refractivity (Wildman–Crippen MR) is 72.9 cm³/mol. The van der Waals surface area contributed by atoms with E-state index in [0.717, 1.165) is 44.9 Å². The van der Waals surface area contributed by atoms with Crippen molar-refractivity contribution in [3.8, 4) is 0 Å². The Balaban J connectivity index is 1.63. The van der Waals surface area contributed by atoms with Crippen LogP contribution in [-0.2, 0) is 4.74 Å². The molecule has 2 fully saturated rings. The maximum absolute atomic E-state index is 11.8. The zero-order chi connectivity index (χ0) is 13.7. The van der Waals surface area contributed by atoms with Gasteiger partial charge in [0.15, 0.2) is 0 Å². The number of nitrogens with one attached hydrogen (secondary N) is 2. The maximum Gasteiger partial charge on any atom is 0.315 e. The van der Waals surface area contributed by atoms with Crippen molar-refractivity contribution in [3.63, 3.8) is 0 Å². The Kier molecular flexibility index (Phi) is 5.45. The first-order valence-corrected chi connectivity index (χ1v) is 7.42. The molecule has 4 atom stereocenters. The van der Waals surface area contributed by atoms with Crippen molar-refractivity contribution < 1.29 is 14.6 Å². The van der Waals surface area contributed by atoms with Crippen LogP contribution in [-0.4, -0.2) is 43.0 Å². The number of amides is 2. The van der Waals surface area contributed by atoms with E-state index in [9.17, 15) is 9.90 Å². The number of carbonyl (C=O) groups excluding carboxylic acids is 1. The van der Waals surface area contributed by atoms with E-state index < -0.39 is 0 Å². The summed E-state index contributed by atoms with van der Waals surface area (Å²) in [6.45, 7) is 0.670. The normalized spacial score (nSPS) is 35.1. The first-order chi connectivity index (χ1) is 9.17. The summed E-state index contributed by atoms with van der Waals surface area (Å²) in [7, 11) is 1.73. The molecule has 3 N–H and O–H groups in total. The van der Waals surface area contributed by atoms with Crippen molar-refractivity contribution >= 4 is 6.03 Å². The van der Waals surface area contributed by atoms with Crippen LogP contribution < -0.4 is 10.6 Å². The number of rotatable bonds is 4. The third kappa shape index (κ3) is 4.66. The Morgan fingerprint density at radius 1 is 1.26 bits per heavy atom. The monoisotopic (exact) mass is 270 g/mol. The molecule has 2 rings (SSSR count). The highest BCUT2D eigenvalue weighted by Crippen LogP contribution is 2.24. The van der Waals surface area contributed by atoms with E-state index in [4.69, 9.17) is 4.74 Å². The van der Waals surface area contributed by atoms with Crippen LogP contribution in [0.4, 0.5) is 4.79 Å². The number of aliphatic hydroxyl groups is 1. The molecule has 5 nitrogen and oxygen atoms in total. The topological polar surface area (TPSA) is 70.6 Å².